The molecule has 1 fully saturated rings. The molecule has 0 unspecified atom stereocenters. The second-order valence-corrected chi connectivity index (χ2v) is 7.37. The van der Waals surface area contributed by atoms with Crippen LogP contribution < -0.4 is 4.90 Å². The molecule has 0 N–H and O–H groups in total. The normalized spacial score (nSPS) is 15.3. The summed E-state index contributed by atoms with van der Waals surface area (Å²) < 4.78 is 16.0. The van der Waals surface area contributed by atoms with E-state index < -0.39 is 0 Å². The molecule has 0 bridgehead atoms. The number of nitrogens with zero attached hydrogens (tertiary/aromatic N) is 4. The van der Waals surface area contributed by atoms with E-state index in [1.165, 1.54) is 6.07 Å². The van der Waals surface area contributed by atoms with Crippen LogP contribution in [-0.4, -0.2) is 40.6 Å². The highest BCUT2D eigenvalue weighted by atomic mass is 35.5. The van der Waals surface area contributed by atoms with E-state index >= 15 is 0 Å². The molecule has 1 aliphatic rings. The first-order valence-corrected chi connectivity index (χ1v) is 9.57. The first-order valence-electron chi connectivity index (χ1n) is 8.81. The van der Waals surface area contributed by atoms with Gasteiger partial charge in [0.25, 0.3) is 0 Å². The van der Waals surface area contributed by atoms with Crippen LogP contribution in [0.15, 0.2) is 54.9 Å². The molecule has 7 heteroatoms. The summed E-state index contributed by atoms with van der Waals surface area (Å²) in [7, 11) is 0. The summed E-state index contributed by atoms with van der Waals surface area (Å²) >= 11 is 12.1. The molecule has 0 atom stereocenters. The van der Waals surface area contributed by atoms with Crippen molar-refractivity contribution in [1.29, 1.82) is 0 Å². The van der Waals surface area contributed by atoms with Crippen molar-refractivity contribution < 1.29 is 4.39 Å². The lowest BCUT2D eigenvalue weighted by Gasteiger charge is -2.35. The maximum absolute atomic E-state index is 14.2. The number of benzene rings is 2. The lowest BCUT2D eigenvalue weighted by atomic mass is 10.2. The van der Waals surface area contributed by atoms with Crippen LogP contribution in [0.3, 0.4) is 0 Å². The predicted molar refractivity (Wildman–Crippen MR) is 107 cm³/mol. The molecule has 2 heterocycles. The molecule has 0 saturated carbocycles. The monoisotopic (exact) mass is 404 g/mol. The van der Waals surface area contributed by atoms with Gasteiger partial charge < -0.3 is 4.90 Å². The van der Waals surface area contributed by atoms with E-state index in [0.29, 0.717) is 15.7 Å². The lowest BCUT2D eigenvalue weighted by Crippen LogP contribution is -2.46. The van der Waals surface area contributed by atoms with Crippen molar-refractivity contribution in [3.05, 3.63) is 76.3 Å². The number of rotatable bonds is 4. The Hall–Kier alpha value is -2.08. The van der Waals surface area contributed by atoms with E-state index in [9.17, 15) is 4.39 Å². The zero-order valence-corrected chi connectivity index (χ0v) is 16.2. The fourth-order valence-corrected chi connectivity index (χ4v) is 3.69. The Morgan fingerprint density at radius 1 is 0.963 bits per heavy atom. The van der Waals surface area contributed by atoms with Gasteiger partial charge in [0.1, 0.15) is 5.82 Å². The molecular weight excluding hydrogens is 386 g/mol. The van der Waals surface area contributed by atoms with E-state index in [1.54, 1.807) is 24.5 Å². The van der Waals surface area contributed by atoms with Crippen LogP contribution in [-0.2, 0) is 6.54 Å². The summed E-state index contributed by atoms with van der Waals surface area (Å²) in [5, 5.41) is 1.16. The summed E-state index contributed by atoms with van der Waals surface area (Å²) in [6.45, 7) is 4.26. The molecule has 1 aromatic heterocycles. The molecular formula is C20H19Cl2FN4. The Morgan fingerprint density at radius 2 is 1.74 bits per heavy atom. The van der Waals surface area contributed by atoms with Crippen LogP contribution in [0.1, 0.15) is 5.56 Å². The Bertz CT molecular complexity index is 935. The Kier molecular flexibility index (Phi) is 5.34. The van der Waals surface area contributed by atoms with E-state index in [4.69, 9.17) is 23.2 Å². The van der Waals surface area contributed by atoms with Crippen molar-refractivity contribution in [2.45, 2.75) is 6.54 Å². The zero-order chi connectivity index (χ0) is 18.8. The summed E-state index contributed by atoms with van der Waals surface area (Å²) in [6, 6.07) is 12.5. The van der Waals surface area contributed by atoms with Crippen molar-refractivity contribution in [2.75, 3.05) is 31.1 Å². The van der Waals surface area contributed by atoms with Gasteiger partial charge in [-0.15, -0.1) is 0 Å². The van der Waals surface area contributed by atoms with Gasteiger partial charge in [-0.1, -0.05) is 41.4 Å². The number of hydrogen-bond donors (Lipinski definition) is 0. The van der Waals surface area contributed by atoms with Crippen LogP contribution in [0, 0.1) is 5.82 Å². The molecule has 0 spiro atoms. The van der Waals surface area contributed by atoms with Gasteiger partial charge in [-0.05, 0) is 29.8 Å². The van der Waals surface area contributed by atoms with Gasteiger partial charge in [-0.2, -0.15) is 0 Å². The van der Waals surface area contributed by atoms with Crippen molar-refractivity contribution in [3.63, 3.8) is 0 Å². The van der Waals surface area contributed by atoms with Crippen LogP contribution in [0.25, 0.3) is 5.69 Å². The number of halogens is 3. The van der Waals surface area contributed by atoms with E-state index in [0.717, 1.165) is 44.2 Å². The van der Waals surface area contributed by atoms with Crippen LogP contribution in [0.4, 0.5) is 10.3 Å². The quantitative estimate of drug-likeness (QED) is 0.632. The molecule has 4 nitrogen and oxygen atoms in total. The van der Waals surface area contributed by atoms with Gasteiger partial charge in [0.2, 0.25) is 5.95 Å². The first kappa shape index (κ1) is 18.3. The van der Waals surface area contributed by atoms with Gasteiger partial charge in [-0.25, -0.2) is 9.37 Å². The summed E-state index contributed by atoms with van der Waals surface area (Å²) in [5.41, 5.74) is 1.66. The molecule has 3 aromatic rings. The molecule has 4 rings (SSSR count). The molecule has 140 valence electrons. The molecule has 1 saturated heterocycles. The van der Waals surface area contributed by atoms with Gasteiger partial charge in [0.15, 0.2) is 0 Å². The van der Waals surface area contributed by atoms with Crippen LogP contribution >= 0.6 is 23.2 Å². The van der Waals surface area contributed by atoms with Crippen molar-refractivity contribution in [2.24, 2.45) is 0 Å². The first-order chi connectivity index (χ1) is 13.1. The standard InChI is InChI=1S/C20H19Cl2FN4/c21-16-6-5-15(13-17(16)22)14-25-9-11-26(12-10-25)20-24-7-8-27(20)19-4-2-1-3-18(19)23/h1-8,13H,9-12,14H2. The fourth-order valence-electron chi connectivity index (χ4n) is 3.37. The van der Waals surface area contributed by atoms with Gasteiger partial charge >= 0.3 is 0 Å². The highest BCUT2D eigenvalue weighted by molar-refractivity contribution is 6.42. The summed E-state index contributed by atoms with van der Waals surface area (Å²) in [5.74, 6) is 0.518. The van der Waals surface area contributed by atoms with Crippen LogP contribution in [0.5, 0.6) is 0 Å². The highest BCUT2D eigenvalue weighted by Gasteiger charge is 2.21. The van der Waals surface area contributed by atoms with E-state index in [1.807, 2.05) is 28.8 Å². The maximum atomic E-state index is 14.2. The number of piperazine rings is 1. The number of anilines is 1. The van der Waals surface area contributed by atoms with Gasteiger partial charge in [0, 0.05) is 45.1 Å². The second-order valence-electron chi connectivity index (χ2n) is 6.56. The average molecular weight is 405 g/mol. The molecule has 27 heavy (non-hydrogen) atoms. The molecule has 0 aliphatic carbocycles. The fraction of sp³-hybridized carbons (Fsp3) is 0.250. The third-order valence-corrected chi connectivity index (χ3v) is 5.52. The Morgan fingerprint density at radius 3 is 2.48 bits per heavy atom. The molecule has 2 aromatic carbocycles. The number of aromatic nitrogens is 2. The predicted octanol–water partition coefficient (Wildman–Crippen LogP) is 4.64. The number of para-hydroxylation sites is 1. The third-order valence-electron chi connectivity index (χ3n) is 4.78. The smallest absolute Gasteiger partial charge is 0.210 e. The van der Waals surface area contributed by atoms with Gasteiger partial charge in [0.05, 0.1) is 15.7 Å². The Labute approximate surface area is 167 Å². The molecule has 0 radical (unpaired) electrons. The topological polar surface area (TPSA) is 24.3 Å². The minimum absolute atomic E-state index is 0.255. The summed E-state index contributed by atoms with van der Waals surface area (Å²) in [6.07, 6.45) is 3.51. The lowest BCUT2D eigenvalue weighted by molar-refractivity contribution is 0.248. The maximum Gasteiger partial charge on any atom is 0.210 e. The minimum atomic E-state index is -0.255. The van der Waals surface area contributed by atoms with E-state index in [2.05, 4.69) is 14.8 Å². The molecule has 1 aliphatic heterocycles. The largest absolute Gasteiger partial charge is 0.339 e. The highest BCUT2D eigenvalue weighted by Crippen LogP contribution is 2.25. The van der Waals surface area contributed by atoms with Crippen molar-refractivity contribution in [1.82, 2.24) is 14.5 Å². The SMILES string of the molecule is Fc1ccccc1-n1ccnc1N1CCN(Cc2ccc(Cl)c(Cl)c2)CC1. The Balaban J connectivity index is 1.44. The van der Waals surface area contributed by atoms with Crippen molar-refractivity contribution in [3.8, 4) is 5.69 Å². The molecule has 0 amide bonds. The van der Waals surface area contributed by atoms with Crippen LogP contribution in [0.2, 0.25) is 10.0 Å². The second kappa shape index (κ2) is 7.89. The zero-order valence-electron chi connectivity index (χ0n) is 14.7. The summed E-state index contributed by atoms with van der Waals surface area (Å²) in [4.78, 5) is 9.02. The number of imidazole rings is 1. The van der Waals surface area contributed by atoms with E-state index in [-0.39, 0.29) is 5.82 Å². The number of hydrogen-bond acceptors (Lipinski definition) is 3. The minimum Gasteiger partial charge on any atom is -0.339 e. The average Bonchev–Trinajstić information content (AvgIpc) is 3.15. The third kappa shape index (κ3) is 3.95. The van der Waals surface area contributed by atoms with Crippen molar-refractivity contribution >= 4 is 29.2 Å². The van der Waals surface area contributed by atoms with Gasteiger partial charge in [-0.3, -0.25) is 9.47 Å².